The summed E-state index contributed by atoms with van der Waals surface area (Å²) < 4.78 is 103. The second-order valence-corrected chi connectivity index (χ2v) is 21.4. The molecular formula is C42H33N11O19S5. The number of phenols is 1. The van der Waals surface area contributed by atoms with Crippen LogP contribution in [-0.2, 0) is 52.9 Å². The van der Waals surface area contributed by atoms with Gasteiger partial charge in [-0.15, -0.1) is 18.9 Å². The molecule has 0 saturated heterocycles. The lowest BCUT2D eigenvalue weighted by Gasteiger charge is -2.14. The summed E-state index contributed by atoms with van der Waals surface area (Å²) in [5.41, 5.74) is 9.05. The second-order valence-electron chi connectivity index (χ2n) is 14.9. The van der Waals surface area contributed by atoms with Crippen molar-refractivity contribution in [1.29, 1.82) is 0 Å². The van der Waals surface area contributed by atoms with Crippen LogP contribution < -0.4 is 42.9 Å². The van der Waals surface area contributed by atoms with Crippen molar-refractivity contribution < 1.29 is 73.3 Å². The van der Waals surface area contributed by atoms with E-state index >= 15 is 0 Å². The summed E-state index contributed by atoms with van der Waals surface area (Å²) >= 11 is 0.519. The van der Waals surface area contributed by atoms with Gasteiger partial charge in [-0.3, -0.25) is 44.0 Å². The van der Waals surface area contributed by atoms with Gasteiger partial charge in [0.25, 0.3) is 25.8 Å². The summed E-state index contributed by atoms with van der Waals surface area (Å²) in [4.78, 5) is 34.4. The van der Waals surface area contributed by atoms with Crippen molar-refractivity contribution in [2.75, 3.05) is 33.7 Å². The Bertz CT molecular complexity index is 4000. The molecule has 35 heteroatoms. The van der Waals surface area contributed by atoms with Crippen LogP contribution in [0.1, 0.15) is 0 Å². The van der Waals surface area contributed by atoms with Crippen LogP contribution in [-0.4, -0.2) is 62.7 Å². The van der Waals surface area contributed by atoms with E-state index in [-0.39, 0.29) is 89.6 Å². The first kappa shape index (κ1) is 56.6. The first-order valence-corrected chi connectivity index (χ1v) is 26.8. The fourth-order valence-electron chi connectivity index (χ4n) is 6.44. The number of hydrogen-bond donors (Lipinski definition) is 8. The molecule has 0 radical (unpaired) electrons. The Balaban J connectivity index is 1.07. The minimum atomic E-state index is -5.18. The predicted octanol–water partition coefficient (Wildman–Crippen LogP) is 6.57. The molecule has 7 aromatic rings. The van der Waals surface area contributed by atoms with Gasteiger partial charge in [-0.25, -0.2) is 27.4 Å². The highest BCUT2D eigenvalue weighted by molar-refractivity contribution is 7.94. The summed E-state index contributed by atoms with van der Waals surface area (Å²) in [6.07, 6.45) is 0. The Morgan fingerprint density at radius 1 is 0.688 bits per heavy atom. The molecule has 0 amide bonds. The van der Waals surface area contributed by atoms with Crippen LogP contribution in [0.2, 0.25) is 0 Å². The quantitative estimate of drug-likeness (QED) is 0.00490. The molecule has 77 heavy (non-hydrogen) atoms. The predicted molar refractivity (Wildman–Crippen MR) is 272 cm³/mol. The average Bonchev–Trinajstić information content (AvgIpc) is 3.48. The maximum atomic E-state index is 13.3. The molecule has 0 atom stereocenters. The lowest BCUT2D eigenvalue weighted by Crippen LogP contribution is -2.47. The third-order valence-electron chi connectivity index (χ3n) is 10.1. The standard InChI is InChI=1S/C42H33N11O19S5/c43-37-36-23(21-34(73-71-69-59)39(37)50-46-26-7-13-30(14-8-26)75(61,62)20-19-68-74-72-70-60)22-35(77(65,66)67)40(42(36)56)51-47-27-9-15-31(16-10-27)76(63,64)52-28-3-1-24(2-4-28)45-49-38-33(54)18-17-32(41(38)55)48-44-25-5-11-29(12-6-25)53(57)58/h1-18,21-22,44-45,52,56,59-60H,19-20,43H2,(H,65,66,67)/b48-32+,49-38-,50-46?,51-47?. The minimum absolute atomic E-state index is 0.0734. The van der Waals surface area contributed by atoms with E-state index in [4.69, 9.17) is 20.4 Å². The summed E-state index contributed by atoms with van der Waals surface area (Å²) in [7, 11) is -13.3. The van der Waals surface area contributed by atoms with Gasteiger partial charge in [-0.2, -0.15) is 28.8 Å². The first-order valence-electron chi connectivity index (χ1n) is 20.8. The zero-order valence-electron chi connectivity index (χ0n) is 38.1. The fourth-order valence-corrected chi connectivity index (χ4v) is 10.1. The van der Waals surface area contributed by atoms with Crippen LogP contribution in [0.4, 0.5) is 51.2 Å². The van der Waals surface area contributed by atoms with E-state index in [1.807, 2.05) is 0 Å². The van der Waals surface area contributed by atoms with Crippen LogP contribution in [0.3, 0.4) is 0 Å². The maximum absolute atomic E-state index is 13.3. The number of rotatable bonds is 23. The van der Waals surface area contributed by atoms with E-state index < -0.39 is 73.2 Å². The van der Waals surface area contributed by atoms with E-state index in [0.717, 1.165) is 24.3 Å². The molecule has 0 aliphatic rings. The summed E-state index contributed by atoms with van der Waals surface area (Å²) in [6, 6.07) is 24.6. The number of fused-ring (bicyclic) bond motifs is 1. The monoisotopic (exact) mass is 1160 g/mol. The number of nitro groups is 1. The van der Waals surface area contributed by atoms with Crippen molar-refractivity contribution in [3.63, 3.8) is 0 Å². The number of nitro benzene ring substituents is 1. The number of nitrogens with two attached hydrogens (primary N) is 1. The number of sulfone groups is 1. The van der Waals surface area contributed by atoms with E-state index in [2.05, 4.69) is 65.0 Å². The Kier molecular flexibility index (Phi) is 18.1. The normalized spacial score (nSPS) is 12.7. The van der Waals surface area contributed by atoms with E-state index in [1.165, 1.54) is 97.1 Å². The Labute approximate surface area is 439 Å². The van der Waals surface area contributed by atoms with Crippen molar-refractivity contribution in [2.45, 2.75) is 19.6 Å². The number of anilines is 4. The topological polar surface area (TPSA) is 443 Å². The molecule has 0 bridgehead atoms. The van der Waals surface area contributed by atoms with Crippen LogP contribution in [0.25, 0.3) is 10.8 Å². The molecule has 0 fully saturated rings. The van der Waals surface area contributed by atoms with Gasteiger partial charge in [-0.05, 0) is 115 Å². The molecule has 0 unspecified atom stereocenters. The number of phenolic OH excluding ortho intramolecular Hbond substituents is 1. The number of benzene rings is 7. The molecule has 0 heterocycles. The molecule has 0 saturated carbocycles. The average molecular weight is 1160 g/mol. The van der Waals surface area contributed by atoms with E-state index in [9.17, 15) is 54.6 Å². The highest BCUT2D eigenvalue weighted by Gasteiger charge is 2.26. The number of hydrogen-bond acceptors (Lipinski definition) is 29. The molecule has 7 rings (SSSR count). The Hall–Kier alpha value is -8.17. The van der Waals surface area contributed by atoms with Crippen molar-refractivity contribution in [3.8, 4) is 5.75 Å². The molecule has 0 aliphatic heterocycles. The zero-order valence-corrected chi connectivity index (χ0v) is 42.2. The smallest absolute Gasteiger partial charge is 0.296 e. The van der Waals surface area contributed by atoms with Gasteiger partial charge in [-0.1, -0.05) is 10.1 Å². The summed E-state index contributed by atoms with van der Waals surface area (Å²) in [6.45, 7) is -0.340. The van der Waals surface area contributed by atoms with E-state index in [1.54, 1.807) is 0 Å². The molecule has 0 aliphatic carbocycles. The number of aromatic hydroxyl groups is 1. The Morgan fingerprint density at radius 2 is 1.26 bits per heavy atom. The number of nitrogen functional groups attached to an aromatic ring is 1. The van der Waals surface area contributed by atoms with Crippen LogP contribution >= 0.6 is 24.4 Å². The van der Waals surface area contributed by atoms with Gasteiger partial charge in [0.1, 0.15) is 21.6 Å². The van der Waals surface area contributed by atoms with Crippen molar-refractivity contribution in [1.82, 2.24) is 0 Å². The van der Waals surface area contributed by atoms with Gasteiger partial charge in [0.05, 0.1) is 77.8 Å². The molecule has 0 aromatic heterocycles. The second kappa shape index (κ2) is 24.7. The van der Waals surface area contributed by atoms with Gasteiger partial charge in [0.2, 0.25) is 10.9 Å². The molecule has 0 spiro atoms. The molecule has 30 nitrogen and oxygen atoms in total. The molecule has 400 valence electrons. The lowest BCUT2D eigenvalue weighted by atomic mass is 10.1. The molecule has 9 N–H and O–H groups in total. The summed E-state index contributed by atoms with van der Waals surface area (Å²) in [5, 5.41) is 69.1. The first-order chi connectivity index (χ1) is 36.7. The number of non-ortho nitro benzene ring substituents is 1. The minimum Gasteiger partial charge on any atom is -0.505 e. The SMILES string of the molecule is Nc1c(N=Nc2ccc(S(=O)(=O)CCOSOOO)cc2)c(SOOO)cc2cc(S(=O)(=O)O)c(N=Nc3ccc(S(=O)(=O)Nc4ccc(N/N=c5/c(=O)cc/c(=N\Nc6ccc([N+](=O)[O-])cc6)c5=O)cc4)cc3)c(O)c12. The largest absolute Gasteiger partial charge is 0.505 e. The molecular weight excluding hydrogens is 1120 g/mol. The maximum Gasteiger partial charge on any atom is 0.296 e. The van der Waals surface area contributed by atoms with Gasteiger partial charge >= 0.3 is 0 Å². The van der Waals surface area contributed by atoms with Gasteiger partial charge < -0.3 is 10.8 Å². The summed E-state index contributed by atoms with van der Waals surface area (Å²) in [5.74, 6) is -1.42. The fraction of sp³-hybridized carbons (Fsp3) is 0.0476. The van der Waals surface area contributed by atoms with Crippen molar-refractivity contribution in [2.24, 2.45) is 30.7 Å². The highest BCUT2D eigenvalue weighted by Crippen LogP contribution is 2.49. The van der Waals surface area contributed by atoms with Gasteiger partial charge in [0.15, 0.2) is 33.3 Å². The number of nitrogens with one attached hydrogen (secondary N) is 3. The lowest BCUT2D eigenvalue weighted by molar-refractivity contribution is -0.434. The van der Waals surface area contributed by atoms with E-state index in [0.29, 0.717) is 17.7 Å². The third-order valence-corrected chi connectivity index (χ3v) is 15.0. The van der Waals surface area contributed by atoms with Crippen molar-refractivity contribution >= 4 is 116 Å². The van der Waals surface area contributed by atoms with Gasteiger partial charge in [0, 0.05) is 17.8 Å². The van der Waals surface area contributed by atoms with Crippen LogP contribution in [0.15, 0.2) is 181 Å². The zero-order chi connectivity index (χ0) is 55.5. The number of nitrogens with zero attached hydrogens (tertiary/aromatic N) is 7. The van der Waals surface area contributed by atoms with Crippen LogP contribution in [0, 0.1) is 10.1 Å². The van der Waals surface area contributed by atoms with Crippen molar-refractivity contribution in [3.05, 3.63) is 163 Å². The number of azo groups is 2. The number of sulfonamides is 1. The Morgan fingerprint density at radius 3 is 1.86 bits per heavy atom. The van der Waals surface area contributed by atoms with Crippen LogP contribution in [0.5, 0.6) is 5.75 Å². The molecule has 7 aromatic carbocycles. The third kappa shape index (κ3) is 14.2. The highest BCUT2D eigenvalue weighted by atomic mass is 32.2.